The smallest absolute Gasteiger partial charge is 0.256 e. The van der Waals surface area contributed by atoms with E-state index in [1.807, 2.05) is 6.07 Å². The number of carbonyl (C=O) groups excluding carboxylic acids is 2. The highest BCUT2D eigenvalue weighted by Crippen LogP contribution is 2.31. The van der Waals surface area contributed by atoms with E-state index in [0.29, 0.717) is 34.5 Å². The Balaban J connectivity index is 1.80. The summed E-state index contributed by atoms with van der Waals surface area (Å²) in [6, 6.07) is 13.3. The third kappa shape index (κ3) is 3.83. The SMILES string of the molecule is CCCS(=O)(=O)Nc1ccc(C(=O)/C=C2/C(=O)Nc3ccccc32)cc1. The fraction of sp³-hybridized carbons (Fsp3) is 0.158. The number of ketones is 1. The van der Waals surface area contributed by atoms with Crippen molar-refractivity contribution in [1.29, 1.82) is 0 Å². The molecule has 2 aromatic carbocycles. The molecule has 1 heterocycles. The molecule has 0 unspecified atom stereocenters. The molecule has 3 rings (SSSR count). The Kier molecular flexibility index (Phi) is 4.90. The summed E-state index contributed by atoms with van der Waals surface area (Å²) in [4.78, 5) is 24.5. The van der Waals surface area contributed by atoms with E-state index in [1.54, 1.807) is 25.1 Å². The Morgan fingerprint density at radius 2 is 1.81 bits per heavy atom. The molecule has 134 valence electrons. The number of carbonyl (C=O) groups is 2. The van der Waals surface area contributed by atoms with Crippen molar-refractivity contribution in [2.45, 2.75) is 13.3 Å². The van der Waals surface area contributed by atoms with E-state index in [-0.39, 0.29) is 17.4 Å². The molecule has 0 aromatic heterocycles. The molecule has 0 radical (unpaired) electrons. The Hall–Kier alpha value is -2.93. The lowest BCUT2D eigenvalue weighted by molar-refractivity contribution is -0.110. The van der Waals surface area contributed by atoms with Crippen LogP contribution in [0, 0.1) is 0 Å². The minimum Gasteiger partial charge on any atom is -0.321 e. The molecule has 1 amide bonds. The molecule has 1 aliphatic heterocycles. The number of rotatable bonds is 6. The van der Waals surface area contributed by atoms with Crippen molar-refractivity contribution in [2.24, 2.45) is 0 Å². The predicted octanol–water partition coefficient (Wildman–Crippen LogP) is 3.06. The van der Waals surface area contributed by atoms with E-state index in [1.165, 1.54) is 30.3 Å². The van der Waals surface area contributed by atoms with Gasteiger partial charge in [-0.05, 0) is 42.8 Å². The summed E-state index contributed by atoms with van der Waals surface area (Å²) < 4.78 is 26.0. The zero-order valence-electron chi connectivity index (χ0n) is 14.2. The van der Waals surface area contributed by atoms with E-state index in [0.717, 1.165) is 0 Å². The first-order chi connectivity index (χ1) is 12.4. The van der Waals surface area contributed by atoms with Crippen molar-refractivity contribution in [3.63, 3.8) is 0 Å². The van der Waals surface area contributed by atoms with Gasteiger partial charge < -0.3 is 5.32 Å². The van der Waals surface area contributed by atoms with Gasteiger partial charge in [0, 0.05) is 22.5 Å². The van der Waals surface area contributed by atoms with E-state index < -0.39 is 10.0 Å². The van der Waals surface area contributed by atoms with E-state index in [9.17, 15) is 18.0 Å². The maximum atomic E-state index is 12.5. The molecular weight excluding hydrogens is 352 g/mol. The van der Waals surface area contributed by atoms with E-state index >= 15 is 0 Å². The van der Waals surface area contributed by atoms with Gasteiger partial charge >= 0.3 is 0 Å². The Labute approximate surface area is 152 Å². The highest BCUT2D eigenvalue weighted by atomic mass is 32.2. The van der Waals surface area contributed by atoms with E-state index in [4.69, 9.17) is 0 Å². The summed E-state index contributed by atoms with van der Waals surface area (Å²) in [5.74, 6) is -0.604. The average molecular weight is 370 g/mol. The van der Waals surface area contributed by atoms with E-state index in [2.05, 4.69) is 10.0 Å². The third-order valence-corrected chi connectivity index (χ3v) is 5.39. The highest BCUT2D eigenvalue weighted by Gasteiger charge is 2.24. The van der Waals surface area contributed by atoms with Crippen LogP contribution in [0.5, 0.6) is 0 Å². The Morgan fingerprint density at radius 1 is 1.12 bits per heavy atom. The predicted molar refractivity (Wildman–Crippen MR) is 102 cm³/mol. The maximum Gasteiger partial charge on any atom is 0.256 e. The molecule has 1 aliphatic rings. The van der Waals surface area contributed by atoms with Gasteiger partial charge in [-0.15, -0.1) is 0 Å². The monoisotopic (exact) mass is 370 g/mol. The zero-order chi connectivity index (χ0) is 18.7. The normalized spacial score (nSPS) is 14.8. The molecule has 0 spiro atoms. The first-order valence-corrected chi connectivity index (χ1v) is 9.82. The second-order valence-electron chi connectivity index (χ2n) is 5.92. The van der Waals surface area contributed by atoms with Crippen LogP contribution < -0.4 is 10.0 Å². The second kappa shape index (κ2) is 7.13. The lowest BCUT2D eigenvalue weighted by Crippen LogP contribution is -2.16. The molecule has 0 fully saturated rings. The molecule has 0 atom stereocenters. The van der Waals surface area contributed by atoms with Crippen molar-refractivity contribution in [2.75, 3.05) is 15.8 Å². The summed E-state index contributed by atoms with van der Waals surface area (Å²) in [7, 11) is -3.38. The van der Waals surface area contributed by atoms with Gasteiger partial charge in [0.2, 0.25) is 10.0 Å². The molecule has 6 nitrogen and oxygen atoms in total. The van der Waals surface area contributed by atoms with Crippen LogP contribution in [0.25, 0.3) is 5.57 Å². The summed E-state index contributed by atoms with van der Waals surface area (Å²) >= 11 is 0. The van der Waals surface area contributed by atoms with Gasteiger partial charge in [-0.3, -0.25) is 14.3 Å². The molecule has 0 bridgehead atoms. The van der Waals surface area contributed by atoms with Crippen LogP contribution in [-0.4, -0.2) is 25.9 Å². The van der Waals surface area contributed by atoms with Crippen molar-refractivity contribution in [3.05, 3.63) is 65.7 Å². The molecule has 0 saturated heterocycles. The second-order valence-corrected chi connectivity index (χ2v) is 7.76. The number of fused-ring (bicyclic) bond motifs is 1. The number of nitrogens with one attached hydrogen (secondary N) is 2. The van der Waals surface area contributed by atoms with Gasteiger partial charge in [0.25, 0.3) is 5.91 Å². The quantitative estimate of drug-likeness (QED) is 0.604. The summed E-state index contributed by atoms with van der Waals surface area (Å²) in [5.41, 5.74) is 2.45. The summed E-state index contributed by atoms with van der Waals surface area (Å²) in [6.45, 7) is 1.78. The lowest BCUT2D eigenvalue weighted by atomic mass is 10.0. The highest BCUT2D eigenvalue weighted by molar-refractivity contribution is 7.92. The average Bonchev–Trinajstić information content (AvgIpc) is 2.91. The van der Waals surface area contributed by atoms with Crippen molar-refractivity contribution in [3.8, 4) is 0 Å². The number of allylic oxidation sites excluding steroid dienone is 1. The molecule has 2 aromatic rings. The zero-order valence-corrected chi connectivity index (χ0v) is 15.0. The van der Waals surface area contributed by atoms with Gasteiger partial charge in [0.15, 0.2) is 5.78 Å². The molecule has 0 aliphatic carbocycles. The molecule has 7 heteroatoms. The number of anilines is 2. The van der Waals surface area contributed by atoms with Gasteiger partial charge in [-0.25, -0.2) is 8.42 Å². The fourth-order valence-corrected chi connectivity index (χ4v) is 3.83. The largest absolute Gasteiger partial charge is 0.321 e. The van der Waals surface area contributed by atoms with Crippen molar-refractivity contribution in [1.82, 2.24) is 0 Å². The number of benzene rings is 2. The fourth-order valence-electron chi connectivity index (χ4n) is 2.70. The first-order valence-electron chi connectivity index (χ1n) is 8.17. The molecule has 26 heavy (non-hydrogen) atoms. The molecular formula is C19H18N2O4S. The van der Waals surface area contributed by atoms with Crippen molar-refractivity contribution < 1.29 is 18.0 Å². The topological polar surface area (TPSA) is 92.3 Å². The number of sulfonamides is 1. The van der Waals surface area contributed by atoms with Crippen LogP contribution in [0.4, 0.5) is 11.4 Å². The summed E-state index contributed by atoms with van der Waals surface area (Å²) in [6.07, 6.45) is 1.82. The van der Waals surface area contributed by atoms with Crippen LogP contribution in [0.2, 0.25) is 0 Å². The minimum atomic E-state index is -3.38. The standard InChI is InChI=1S/C19H18N2O4S/c1-2-11-26(24,25)21-14-9-7-13(8-10-14)18(22)12-16-15-5-3-4-6-17(15)20-19(16)23/h3-10,12,21H,2,11H2,1H3,(H,20,23)/b16-12+. The van der Waals surface area contributed by atoms with Gasteiger partial charge in [-0.2, -0.15) is 0 Å². The van der Waals surface area contributed by atoms with Crippen LogP contribution in [0.1, 0.15) is 29.3 Å². The lowest BCUT2D eigenvalue weighted by Gasteiger charge is -2.07. The molecule has 0 saturated carbocycles. The van der Waals surface area contributed by atoms with Crippen LogP contribution in [0.15, 0.2) is 54.6 Å². The maximum absolute atomic E-state index is 12.5. The number of para-hydroxylation sites is 1. The van der Waals surface area contributed by atoms with Crippen LogP contribution in [0.3, 0.4) is 0 Å². The van der Waals surface area contributed by atoms with Crippen LogP contribution in [-0.2, 0) is 14.8 Å². The third-order valence-electron chi connectivity index (χ3n) is 3.90. The van der Waals surface area contributed by atoms with Crippen molar-refractivity contribution >= 4 is 38.7 Å². The molecule has 2 N–H and O–H groups in total. The van der Waals surface area contributed by atoms with Crippen LogP contribution >= 0.6 is 0 Å². The Morgan fingerprint density at radius 3 is 2.50 bits per heavy atom. The number of hydrogen-bond acceptors (Lipinski definition) is 4. The summed E-state index contributed by atoms with van der Waals surface area (Å²) in [5, 5.41) is 2.71. The first kappa shape index (κ1) is 17.9. The Bertz CT molecular complexity index is 992. The number of hydrogen-bond donors (Lipinski definition) is 2. The van der Waals surface area contributed by atoms with Gasteiger partial charge in [-0.1, -0.05) is 25.1 Å². The minimum absolute atomic E-state index is 0.0360. The van der Waals surface area contributed by atoms with Gasteiger partial charge in [0.1, 0.15) is 0 Å². The number of amides is 1. The van der Waals surface area contributed by atoms with Gasteiger partial charge in [0.05, 0.1) is 11.3 Å².